The lowest BCUT2D eigenvalue weighted by atomic mass is 10.1. The van der Waals surface area contributed by atoms with Crippen LogP contribution in [0.15, 0.2) is 18.2 Å². The number of aromatic carboxylic acids is 1. The van der Waals surface area contributed by atoms with Gasteiger partial charge in [-0.25, -0.2) is 4.79 Å². The van der Waals surface area contributed by atoms with Crippen molar-refractivity contribution in [2.75, 3.05) is 0 Å². The van der Waals surface area contributed by atoms with Crippen LogP contribution in [0.1, 0.15) is 20.8 Å². The molecule has 0 saturated carbocycles. The molecule has 6 heteroatoms. The van der Waals surface area contributed by atoms with Gasteiger partial charge in [0.25, 0.3) is 5.19 Å². The van der Waals surface area contributed by atoms with E-state index in [-0.39, 0.29) is 15.2 Å². The van der Waals surface area contributed by atoms with Crippen LogP contribution in [0.4, 0.5) is 0 Å². The fraction of sp³-hybridized carbons (Fsp3) is 0.167. The molecule has 4 nitrogen and oxygen atoms in total. The fourth-order valence-corrected chi connectivity index (χ4v) is 2.35. The number of aromatic nitrogens is 1. The molecular weight excluding hydrogens is 274 g/mol. The van der Waals surface area contributed by atoms with Crippen LogP contribution in [-0.4, -0.2) is 16.1 Å². The fourth-order valence-electron chi connectivity index (χ4n) is 1.37. The molecule has 0 saturated heterocycles. The van der Waals surface area contributed by atoms with Crippen molar-refractivity contribution in [2.24, 2.45) is 0 Å². The average molecular weight is 284 g/mol. The summed E-state index contributed by atoms with van der Waals surface area (Å²) in [6, 6.07) is 5.77. The van der Waals surface area contributed by atoms with Crippen molar-refractivity contribution in [1.82, 2.24) is 4.98 Å². The van der Waals surface area contributed by atoms with E-state index in [9.17, 15) is 4.79 Å². The minimum atomic E-state index is -1.10. The smallest absolute Gasteiger partial charge is 0.349 e. The van der Waals surface area contributed by atoms with Gasteiger partial charge in [-0.1, -0.05) is 35.1 Å². The van der Waals surface area contributed by atoms with E-state index in [2.05, 4.69) is 4.98 Å². The maximum absolute atomic E-state index is 10.8. The van der Waals surface area contributed by atoms with Crippen LogP contribution in [0.5, 0.6) is 10.9 Å². The number of thiazole rings is 1. The highest BCUT2D eigenvalue weighted by Gasteiger charge is 2.17. The van der Waals surface area contributed by atoms with Crippen molar-refractivity contribution >= 4 is 28.9 Å². The van der Waals surface area contributed by atoms with Crippen LogP contribution < -0.4 is 4.74 Å². The molecule has 1 aromatic carbocycles. The molecule has 0 aliphatic carbocycles. The third-order valence-corrected chi connectivity index (χ3v) is 3.61. The molecular formula is C12H10ClNO3S. The molecule has 0 fully saturated rings. The van der Waals surface area contributed by atoms with Crippen LogP contribution in [0.25, 0.3) is 0 Å². The second-order valence-corrected chi connectivity index (χ2v) is 5.10. The first kappa shape index (κ1) is 12.9. The Morgan fingerprint density at radius 2 is 2.17 bits per heavy atom. The highest BCUT2D eigenvalue weighted by Crippen LogP contribution is 2.33. The second kappa shape index (κ2) is 4.96. The Kier molecular flexibility index (Phi) is 3.54. The summed E-state index contributed by atoms with van der Waals surface area (Å²) >= 11 is 6.63. The summed E-state index contributed by atoms with van der Waals surface area (Å²) in [7, 11) is 0. The van der Waals surface area contributed by atoms with Crippen molar-refractivity contribution in [1.29, 1.82) is 0 Å². The lowest BCUT2D eigenvalue weighted by molar-refractivity contribution is 0.0702. The van der Waals surface area contributed by atoms with E-state index in [1.165, 1.54) is 0 Å². The van der Waals surface area contributed by atoms with Crippen LogP contribution in [-0.2, 0) is 0 Å². The standard InChI is InChI=1S/C12H10ClNO3S/c1-6-3-4-7(2)8(5-6)17-12-14-10(13)9(18-12)11(15)16/h3-5H,1-2H3,(H,15,16). The van der Waals surface area contributed by atoms with E-state index in [0.29, 0.717) is 5.75 Å². The first-order chi connectivity index (χ1) is 8.47. The van der Waals surface area contributed by atoms with Gasteiger partial charge in [0, 0.05) is 0 Å². The van der Waals surface area contributed by atoms with Gasteiger partial charge in [0.05, 0.1) is 0 Å². The molecule has 2 rings (SSSR count). The minimum Gasteiger partial charge on any atom is -0.477 e. The van der Waals surface area contributed by atoms with Gasteiger partial charge in [0.1, 0.15) is 5.75 Å². The minimum absolute atomic E-state index is 0.0167. The van der Waals surface area contributed by atoms with E-state index >= 15 is 0 Å². The van der Waals surface area contributed by atoms with Crippen molar-refractivity contribution in [3.8, 4) is 10.9 Å². The summed E-state index contributed by atoms with van der Waals surface area (Å²) in [4.78, 5) is 14.7. The van der Waals surface area contributed by atoms with Crippen LogP contribution in [0, 0.1) is 13.8 Å². The largest absolute Gasteiger partial charge is 0.477 e. The normalized spacial score (nSPS) is 10.4. The van der Waals surface area contributed by atoms with Gasteiger partial charge in [-0.2, -0.15) is 4.98 Å². The third kappa shape index (κ3) is 2.63. The van der Waals surface area contributed by atoms with Gasteiger partial charge >= 0.3 is 5.97 Å². The predicted octanol–water partition coefficient (Wildman–Crippen LogP) is 3.90. The number of halogens is 1. The monoisotopic (exact) mass is 283 g/mol. The van der Waals surface area contributed by atoms with Crippen LogP contribution in [0.3, 0.4) is 0 Å². The Bertz CT molecular complexity index is 609. The molecule has 0 unspecified atom stereocenters. The maximum atomic E-state index is 10.8. The summed E-state index contributed by atoms with van der Waals surface area (Å²) in [5.41, 5.74) is 2.00. The molecule has 0 aliphatic heterocycles. The van der Waals surface area contributed by atoms with Gasteiger partial charge in [0.15, 0.2) is 10.0 Å². The number of aryl methyl sites for hydroxylation is 2. The number of hydrogen-bond acceptors (Lipinski definition) is 4. The van der Waals surface area contributed by atoms with Gasteiger partial charge in [-0.3, -0.25) is 0 Å². The molecule has 0 atom stereocenters. The molecule has 0 spiro atoms. The summed E-state index contributed by atoms with van der Waals surface area (Å²) in [6.45, 7) is 3.85. The van der Waals surface area contributed by atoms with Crippen LogP contribution in [0.2, 0.25) is 5.15 Å². The topological polar surface area (TPSA) is 59.4 Å². The summed E-state index contributed by atoms with van der Waals surface area (Å²) in [5, 5.41) is 9.05. The van der Waals surface area contributed by atoms with Gasteiger partial charge in [-0.05, 0) is 31.0 Å². The maximum Gasteiger partial charge on any atom is 0.349 e. The van der Waals surface area contributed by atoms with Crippen molar-refractivity contribution < 1.29 is 14.6 Å². The van der Waals surface area contributed by atoms with Gasteiger partial charge in [-0.15, -0.1) is 0 Å². The van der Waals surface area contributed by atoms with Crippen molar-refractivity contribution in [3.05, 3.63) is 39.4 Å². The van der Waals surface area contributed by atoms with Crippen LogP contribution >= 0.6 is 22.9 Å². The number of nitrogens with zero attached hydrogens (tertiary/aromatic N) is 1. The Balaban J connectivity index is 2.31. The van der Waals surface area contributed by atoms with Crippen molar-refractivity contribution in [3.63, 3.8) is 0 Å². The van der Waals surface area contributed by atoms with E-state index in [4.69, 9.17) is 21.4 Å². The van der Waals surface area contributed by atoms with Gasteiger partial charge < -0.3 is 9.84 Å². The number of ether oxygens (including phenoxy) is 1. The molecule has 18 heavy (non-hydrogen) atoms. The lowest BCUT2D eigenvalue weighted by Gasteiger charge is -2.06. The van der Waals surface area contributed by atoms with E-state index in [0.717, 1.165) is 22.5 Å². The zero-order valence-corrected chi connectivity index (χ0v) is 11.3. The Hall–Kier alpha value is -1.59. The molecule has 0 amide bonds. The lowest BCUT2D eigenvalue weighted by Crippen LogP contribution is -1.91. The number of carboxylic acid groups (broad SMARTS) is 1. The average Bonchev–Trinajstić information content (AvgIpc) is 2.65. The number of carboxylic acids is 1. The molecule has 1 heterocycles. The summed E-state index contributed by atoms with van der Waals surface area (Å²) < 4.78 is 5.56. The zero-order valence-electron chi connectivity index (χ0n) is 9.73. The SMILES string of the molecule is Cc1ccc(C)c(Oc2nc(Cl)c(C(=O)O)s2)c1. The Labute approximate surface area is 113 Å². The summed E-state index contributed by atoms with van der Waals surface area (Å²) in [6.07, 6.45) is 0. The quantitative estimate of drug-likeness (QED) is 0.928. The molecule has 2 aromatic rings. The zero-order chi connectivity index (χ0) is 13.3. The number of hydrogen-bond donors (Lipinski definition) is 1. The molecule has 0 radical (unpaired) electrons. The first-order valence-electron chi connectivity index (χ1n) is 5.12. The number of rotatable bonds is 3. The Morgan fingerprint density at radius 1 is 1.44 bits per heavy atom. The third-order valence-electron chi connectivity index (χ3n) is 2.30. The van der Waals surface area contributed by atoms with Crippen molar-refractivity contribution in [2.45, 2.75) is 13.8 Å². The Morgan fingerprint density at radius 3 is 2.78 bits per heavy atom. The molecule has 0 aliphatic rings. The highest BCUT2D eigenvalue weighted by molar-refractivity contribution is 7.15. The first-order valence-corrected chi connectivity index (χ1v) is 6.31. The molecule has 1 N–H and O–H groups in total. The van der Waals surface area contributed by atoms with E-state index < -0.39 is 5.97 Å². The highest BCUT2D eigenvalue weighted by atomic mass is 35.5. The predicted molar refractivity (Wildman–Crippen MR) is 70.1 cm³/mol. The van der Waals surface area contributed by atoms with E-state index in [1.807, 2.05) is 32.0 Å². The number of benzene rings is 1. The van der Waals surface area contributed by atoms with E-state index in [1.54, 1.807) is 0 Å². The molecule has 1 aromatic heterocycles. The molecule has 0 bridgehead atoms. The summed E-state index contributed by atoms with van der Waals surface area (Å²) in [5.74, 6) is -0.453. The second-order valence-electron chi connectivity index (χ2n) is 3.78. The number of carbonyl (C=O) groups is 1. The van der Waals surface area contributed by atoms with Gasteiger partial charge in [0.2, 0.25) is 0 Å². The molecule has 94 valence electrons.